The van der Waals surface area contributed by atoms with Crippen molar-refractivity contribution >= 4 is 23.6 Å². The molecule has 0 aliphatic carbocycles. The van der Waals surface area contributed by atoms with Crippen LogP contribution in [-0.2, 0) is 25.5 Å². The number of methoxy groups -OCH3 is 1. The van der Waals surface area contributed by atoms with Crippen molar-refractivity contribution in [3.05, 3.63) is 34.9 Å². The molecule has 1 N–H and O–H groups in total. The van der Waals surface area contributed by atoms with Crippen molar-refractivity contribution in [1.29, 1.82) is 0 Å². The second-order valence-electron chi connectivity index (χ2n) is 6.18. The van der Waals surface area contributed by atoms with E-state index in [9.17, 15) is 19.2 Å². The van der Waals surface area contributed by atoms with Crippen LogP contribution in [0.3, 0.4) is 0 Å². The van der Waals surface area contributed by atoms with Crippen LogP contribution in [-0.4, -0.2) is 61.5 Å². The molecule has 0 radical (unpaired) electrons. The Morgan fingerprint density at radius 1 is 1.08 bits per heavy atom. The molecule has 1 aromatic rings. The molecule has 1 unspecified atom stereocenters. The smallest absolute Gasteiger partial charge is 0.262 e. The Hall–Kier alpha value is -2.58. The molecule has 8 heteroatoms. The number of hydrogen-bond acceptors (Lipinski definition) is 6. The first-order chi connectivity index (χ1) is 12.5. The Kier molecular flexibility index (Phi) is 5.43. The summed E-state index contributed by atoms with van der Waals surface area (Å²) in [4.78, 5) is 49.5. The van der Waals surface area contributed by atoms with E-state index in [4.69, 9.17) is 9.47 Å². The second kappa shape index (κ2) is 7.76. The van der Waals surface area contributed by atoms with E-state index in [2.05, 4.69) is 5.32 Å². The van der Waals surface area contributed by atoms with Crippen LogP contribution in [0.4, 0.5) is 0 Å². The van der Waals surface area contributed by atoms with Gasteiger partial charge in [-0.1, -0.05) is 6.07 Å². The quantitative estimate of drug-likeness (QED) is 0.554. The van der Waals surface area contributed by atoms with Gasteiger partial charge in [-0.25, -0.2) is 0 Å². The fraction of sp³-hybridized carbons (Fsp3) is 0.444. The molecule has 2 aliphatic rings. The molecule has 4 amide bonds. The van der Waals surface area contributed by atoms with Crippen LogP contribution in [0.25, 0.3) is 0 Å². The van der Waals surface area contributed by atoms with Gasteiger partial charge in [-0.3, -0.25) is 29.4 Å². The van der Waals surface area contributed by atoms with Crippen LogP contribution in [0.2, 0.25) is 0 Å². The van der Waals surface area contributed by atoms with Crippen LogP contribution in [0.15, 0.2) is 18.2 Å². The Morgan fingerprint density at radius 2 is 1.85 bits per heavy atom. The van der Waals surface area contributed by atoms with Crippen molar-refractivity contribution in [3.63, 3.8) is 0 Å². The van der Waals surface area contributed by atoms with Gasteiger partial charge in [0.1, 0.15) is 6.04 Å². The number of benzene rings is 1. The zero-order valence-corrected chi connectivity index (χ0v) is 14.4. The summed E-state index contributed by atoms with van der Waals surface area (Å²) in [6.45, 7) is 1.47. The third kappa shape index (κ3) is 3.51. The minimum atomic E-state index is -0.944. The van der Waals surface area contributed by atoms with Crippen LogP contribution in [0.1, 0.15) is 39.1 Å². The predicted molar refractivity (Wildman–Crippen MR) is 89.5 cm³/mol. The maximum absolute atomic E-state index is 12.7. The first kappa shape index (κ1) is 18.2. The normalized spacial score (nSPS) is 19.7. The van der Waals surface area contributed by atoms with Crippen molar-refractivity contribution in [1.82, 2.24) is 10.2 Å². The second-order valence-corrected chi connectivity index (χ2v) is 6.18. The summed E-state index contributed by atoms with van der Waals surface area (Å²) in [6.07, 6.45) is 0.848. The number of nitrogens with one attached hydrogen (secondary N) is 1. The largest absolute Gasteiger partial charge is 0.382 e. The average Bonchev–Trinajstić information content (AvgIpc) is 2.86. The molecule has 0 spiro atoms. The summed E-state index contributed by atoms with van der Waals surface area (Å²) in [7, 11) is 1.60. The number of carbonyl (C=O) groups excluding carboxylic acids is 4. The third-order valence-electron chi connectivity index (χ3n) is 4.47. The van der Waals surface area contributed by atoms with Crippen molar-refractivity contribution in [3.8, 4) is 0 Å². The zero-order valence-electron chi connectivity index (χ0n) is 14.4. The lowest BCUT2D eigenvalue weighted by Gasteiger charge is -2.27. The van der Waals surface area contributed by atoms with Gasteiger partial charge in [0, 0.05) is 13.5 Å². The van der Waals surface area contributed by atoms with Gasteiger partial charge in [0.25, 0.3) is 11.8 Å². The average molecular weight is 360 g/mol. The summed E-state index contributed by atoms with van der Waals surface area (Å²) in [6, 6.07) is 4.10. The van der Waals surface area contributed by atoms with Gasteiger partial charge in [-0.15, -0.1) is 0 Å². The number of fused-ring (bicyclic) bond motifs is 1. The molecule has 3 rings (SSSR count). The van der Waals surface area contributed by atoms with Crippen LogP contribution in [0.5, 0.6) is 0 Å². The monoisotopic (exact) mass is 360 g/mol. The molecule has 26 heavy (non-hydrogen) atoms. The number of nitrogens with zero attached hydrogens (tertiary/aromatic N) is 1. The summed E-state index contributed by atoms with van der Waals surface area (Å²) in [5, 5.41) is 2.18. The van der Waals surface area contributed by atoms with Crippen LogP contribution < -0.4 is 5.32 Å². The Labute approximate surface area is 150 Å². The predicted octanol–water partition coefficient (Wildman–Crippen LogP) is 0.293. The fourth-order valence-electron chi connectivity index (χ4n) is 3.11. The number of hydrogen-bond donors (Lipinski definition) is 1. The number of imide groups is 2. The first-order valence-corrected chi connectivity index (χ1v) is 8.44. The molecule has 2 heterocycles. The van der Waals surface area contributed by atoms with Crippen LogP contribution in [0, 0.1) is 0 Å². The Bertz CT molecular complexity index is 760. The van der Waals surface area contributed by atoms with Gasteiger partial charge in [-0.05, 0) is 30.5 Å². The zero-order chi connectivity index (χ0) is 18.7. The molecule has 1 aromatic carbocycles. The van der Waals surface area contributed by atoms with E-state index in [0.29, 0.717) is 26.2 Å². The van der Waals surface area contributed by atoms with E-state index in [0.717, 1.165) is 10.5 Å². The Morgan fingerprint density at radius 3 is 2.58 bits per heavy atom. The van der Waals surface area contributed by atoms with E-state index < -0.39 is 29.7 Å². The molecular weight excluding hydrogens is 340 g/mol. The highest BCUT2D eigenvalue weighted by molar-refractivity contribution is 6.23. The number of carbonyl (C=O) groups is 4. The molecule has 138 valence electrons. The first-order valence-electron chi connectivity index (χ1n) is 8.44. The topological polar surface area (TPSA) is 102 Å². The molecule has 2 aliphatic heterocycles. The minimum absolute atomic E-state index is 0.105. The minimum Gasteiger partial charge on any atom is -0.382 e. The van der Waals surface area contributed by atoms with E-state index in [1.54, 1.807) is 25.3 Å². The number of amides is 4. The van der Waals surface area contributed by atoms with Gasteiger partial charge < -0.3 is 9.47 Å². The van der Waals surface area contributed by atoms with Gasteiger partial charge in [0.05, 0.1) is 30.9 Å². The van der Waals surface area contributed by atoms with Gasteiger partial charge in [0.2, 0.25) is 11.8 Å². The van der Waals surface area contributed by atoms with Crippen molar-refractivity contribution < 1.29 is 28.7 Å². The number of piperidine rings is 1. The SMILES string of the molecule is COCCOCCc1ccc2c(c1)C(=O)N(C1CCC(=O)NC1=O)C2=O. The highest BCUT2D eigenvalue weighted by Crippen LogP contribution is 2.28. The van der Waals surface area contributed by atoms with E-state index in [-0.39, 0.29) is 24.0 Å². The molecule has 1 atom stereocenters. The highest BCUT2D eigenvalue weighted by atomic mass is 16.5. The molecule has 0 aromatic heterocycles. The standard InChI is InChI=1S/C18H20N2O6/c1-25-8-9-26-7-6-11-2-3-12-13(10-11)18(24)20(17(12)23)14-4-5-15(21)19-16(14)22/h2-3,10,14H,4-9H2,1H3,(H,19,21,22). The number of rotatable bonds is 7. The molecule has 8 nitrogen and oxygen atoms in total. The number of ether oxygens (including phenoxy) is 2. The van der Waals surface area contributed by atoms with Crippen LogP contribution >= 0.6 is 0 Å². The lowest BCUT2D eigenvalue weighted by atomic mass is 10.0. The van der Waals surface area contributed by atoms with Gasteiger partial charge in [0.15, 0.2) is 0 Å². The highest BCUT2D eigenvalue weighted by Gasteiger charge is 2.44. The van der Waals surface area contributed by atoms with Gasteiger partial charge >= 0.3 is 0 Å². The van der Waals surface area contributed by atoms with Crippen molar-refractivity contribution in [2.45, 2.75) is 25.3 Å². The lowest BCUT2D eigenvalue weighted by molar-refractivity contribution is -0.136. The molecule has 1 saturated heterocycles. The maximum Gasteiger partial charge on any atom is 0.262 e. The molecule has 0 bridgehead atoms. The van der Waals surface area contributed by atoms with E-state index in [1.807, 2.05) is 0 Å². The third-order valence-corrected chi connectivity index (χ3v) is 4.47. The summed E-state index contributed by atoms with van der Waals surface area (Å²) >= 11 is 0. The fourth-order valence-corrected chi connectivity index (χ4v) is 3.11. The van der Waals surface area contributed by atoms with Crippen molar-refractivity contribution in [2.24, 2.45) is 0 Å². The lowest BCUT2D eigenvalue weighted by Crippen LogP contribution is -2.54. The summed E-state index contributed by atoms with van der Waals surface area (Å²) in [5.41, 5.74) is 1.44. The van der Waals surface area contributed by atoms with Crippen molar-refractivity contribution in [2.75, 3.05) is 26.9 Å². The van der Waals surface area contributed by atoms with E-state index in [1.165, 1.54) is 0 Å². The molecule has 1 fully saturated rings. The summed E-state index contributed by atoms with van der Waals surface area (Å²) in [5.74, 6) is -2.00. The summed E-state index contributed by atoms with van der Waals surface area (Å²) < 4.78 is 10.3. The van der Waals surface area contributed by atoms with E-state index >= 15 is 0 Å². The Balaban J connectivity index is 1.71. The maximum atomic E-state index is 12.7. The molecular formula is C18H20N2O6. The van der Waals surface area contributed by atoms with Gasteiger partial charge in [-0.2, -0.15) is 0 Å². The molecule has 0 saturated carbocycles.